The van der Waals surface area contributed by atoms with Gasteiger partial charge in [-0.3, -0.25) is 4.90 Å². The summed E-state index contributed by atoms with van der Waals surface area (Å²) in [5, 5.41) is 6.70. The summed E-state index contributed by atoms with van der Waals surface area (Å²) < 4.78 is 14.6. The number of rotatable bonds is 12. The number of anilines is 2. The molecule has 6 nitrogen and oxygen atoms in total. The average molecular weight is 404 g/mol. The topological polar surface area (TPSA) is 62.3 Å². The Bertz CT molecular complexity index is 687. The highest BCUT2D eigenvalue weighted by Crippen LogP contribution is 2.19. The van der Waals surface area contributed by atoms with E-state index in [1.165, 1.54) is 56.1 Å². The predicted molar refractivity (Wildman–Crippen MR) is 117 cm³/mol. The zero-order chi connectivity index (χ0) is 19.4. The highest BCUT2D eigenvalue weighted by atomic mass is 32.1. The number of hydrogen-bond donors (Lipinski definition) is 2. The number of nitrogens with zero attached hydrogens (tertiary/aromatic N) is 3. The number of ether oxygens (including phenoxy) is 1. The van der Waals surface area contributed by atoms with Crippen molar-refractivity contribution in [1.82, 2.24) is 13.6 Å². The molecule has 0 aliphatic carbocycles. The van der Waals surface area contributed by atoms with Gasteiger partial charge in [0.15, 0.2) is 11.6 Å². The normalized spacial score (nSPS) is 14.8. The van der Waals surface area contributed by atoms with Crippen molar-refractivity contribution in [1.29, 1.82) is 0 Å². The van der Waals surface area contributed by atoms with Gasteiger partial charge in [0.05, 0.1) is 18.3 Å². The molecule has 154 valence electrons. The molecule has 0 atom stereocenters. The van der Waals surface area contributed by atoms with Gasteiger partial charge in [-0.1, -0.05) is 31.9 Å². The molecule has 0 amide bonds. The largest absolute Gasteiger partial charge is 0.494 e. The molecule has 1 aliphatic heterocycles. The highest BCUT2D eigenvalue weighted by Gasteiger charge is 2.11. The predicted octanol–water partition coefficient (Wildman–Crippen LogP) is 4.62. The third kappa shape index (κ3) is 6.95. The van der Waals surface area contributed by atoms with Gasteiger partial charge in [-0.15, -0.1) is 0 Å². The van der Waals surface area contributed by atoms with Crippen molar-refractivity contribution in [3.05, 3.63) is 29.8 Å². The quantitative estimate of drug-likeness (QED) is 0.504. The second-order valence-electron chi connectivity index (χ2n) is 7.35. The minimum Gasteiger partial charge on any atom is -0.494 e. The third-order valence-corrected chi connectivity index (χ3v) is 5.48. The minimum atomic E-state index is 0.691. The van der Waals surface area contributed by atoms with Crippen molar-refractivity contribution < 1.29 is 4.74 Å². The van der Waals surface area contributed by atoms with Gasteiger partial charge >= 0.3 is 0 Å². The van der Waals surface area contributed by atoms with Crippen LogP contribution < -0.4 is 15.4 Å². The van der Waals surface area contributed by atoms with Crippen LogP contribution in [0.15, 0.2) is 24.3 Å². The maximum atomic E-state index is 5.96. The summed E-state index contributed by atoms with van der Waals surface area (Å²) in [4.78, 5) is 2.54. The van der Waals surface area contributed by atoms with Crippen LogP contribution in [0.3, 0.4) is 0 Å². The van der Waals surface area contributed by atoms with E-state index in [-0.39, 0.29) is 0 Å². The fourth-order valence-electron chi connectivity index (χ4n) is 3.38. The lowest BCUT2D eigenvalue weighted by molar-refractivity contribution is 0.220. The molecular formula is C21H33N5OS. The second-order valence-corrected chi connectivity index (χ2v) is 7.88. The summed E-state index contributed by atoms with van der Waals surface area (Å²) in [5.74, 6) is 2.68. The van der Waals surface area contributed by atoms with E-state index in [2.05, 4.69) is 49.4 Å². The fourth-order valence-corrected chi connectivity index (χ4v) is 3.89. The van der Waals surface area contributed by atoms with Crippen molar-refractivity contribution in [3.63, 3.8) is 0 Å². The lowest BCUT2D eigenvalue weighted by atomic mass is 10.1. The minimum absolute atomic E-state index is 0.691. The number of piperidine rings is 1. The Hall–Kier alpha value is -1.86. The van der Waals surface area contributed by atoms with E-state index in [1.807, 2.05) is 6.07 Å². The molecule has 1 aromatic carbocycles. The highest BCUT2D eigenvalue weighted by molar-refractivity contribution is 6.99. The number of nitrogens with one attached hydrogen (secondary N) is 2. The van der Waals surface area contributed by atoms with E-state index in [4.69, 9.17) is 4.74 Å². The third-order valence-electron chi connectivity index (χ3n) is 4.95. The average Bonchev–Trinajstić information content (AvgIpc) is 3.16. The molecule has 1 fully saturated rings. The van der Waals surface area contributed by atoms with E-state index in [1.54, 1.807) is 0 Å². The molecule has 2 heterocycles. The number of benzene rings is 1. The Morgan fingerprint density at radius 1 is 1.04 bits per heavy atom. The van der Waals surface area contributed by atoms with Crippen LogP contribution in [0.2, 0.25) is 0 Å². The number of hydrogen-bond acceptors (Lipinski definition) is 7. The zero-order valence-electron chi connectivity index (χ0n) is 17.0. The van der Waals surface area contributed by atoms with E-state index in [9.17, 15) is 0 Å². The molecule has 7 heteroatoms. The van der Waals surface area contributed by atoms with Crippen LogP contribution in [0, 0.1) is 0 Å². The maximum absolute atomic E-state index is 5.96. The molecule has 2 N–H and O–H groups in total. The fraction of sp³-hybridized carbons (Fsp3) is 0.619. The summed E-state index contributed by atoms with van der Waals surface area (Å²) in [5.41, 5.74) is 1.34. The van der Waals surface area contributed by atoms with Crippen LogP contribution in [0.4, 0.5) is 11.6 Å². The van der Waals surface area contributed by atoms with Crippen LogP contribution in [-0.2, 0) is 6.54 Å². The number of aromatic nitrogens is 2. The van der Waals surface area contributed by atoms with Crippen LogP contribution in [-0.4, -0.2) is 46.4 Å². The molecule has 1 aromatic heterocycles. The van der Waals surface area contributed by atoms with Gasteiger partial charge in [-0.05, 0) is 56.5 Å². The second kappa shape index (κ2) is 11.9. The zero-order valence-corrected chi connectivity index (χ0v) is 17.8. The summed E-state index contributed by atoms with van der Waals surface area (Å²) in [6, 6.07) is 8.53. The SMILES string of the molecule is CCCCNc1nsnc1NCCCOc1cccc(CN2CCCCC2)c1. The molecule has 0 saturated carbocycles. The van der Waals surface area contributed by atoms with Gasteiger partial charge in [-0.25, -0.2) is 0 Å². The molecule has 28 heavy (non-hydrogen) atoms. The maximum Gasteiger partial charge on any atom is 0.184 e. The monoisotopic (exact) mass is 403 g/mol. The van der Waals surface area contributed by atoms with Crippen molar-refractivity contribution >= 4 is 23.4 Å². The first-order valence-corrected chi connectivity index (χ1v) is 11.3. The van der Waals surface area contributed by atoms with Crippen LogP contribution in [0.1, 0.15) is 51.0 Å². The molecule has 2 aromatic rings. The molecule has 1 saturated heterocycles. The van der Waals surface area contributed by atoms with Crippen molar-refractivity contribution in [2.45, 2.75) is 52.0 Å². The standard InChI is InChI=1S/C21H33N5OS/c1-2-3-11-22-20-21(25-28-24-20)23-12-8-15-27-19-10-7-9-18(16-19)17-26-13-5-4-6-14-26/h7,9-10,16H,2-6,8,11-15,17H2,1H3,(H,22,24)(H,23,25). The summed E-state index contributed by atoms with van der Waals surface area (Å²) in [6.45, 7) is 8.10. The van der Waals surface area contributed by atoms with E-state index in [0.29, 0.717) is 6.61 Å². The van der Waals surface area contributed by atoms with Crippen molar-refractivity contribution in [3.8, 4) is 5.75 Å². The van der Waals surface area contributed by atoms with Crippen molar-refractivity contribution in [2.24, 2.45) is 0 Å². The Labute approximate surface area is 173 Å². The lowest BCUT2D eigenvalue weighted by Gasteiger charge is -2.26. The van der Waals surface area contributed by atoms with Gasteiger partial charge in [0, 0.05) is 19.6 Å². The van der Waals surface area contributed by atoms with Gasteiger partial charge < -0.3 is 15.4 Å². The lowest BCUT2D eigenvalue weighted by Crippen LogP contribution is -2.29. The molecular weight excluding hydrogens is 370 g/mol. The Morgan fingerprint density at radius 2 is 1.79 bits per heavy atom. The smallest absolute Gasteiger partial charge is 0.184 e. The molecule has 3 rings (SSSR count). The molecule has 1 aliphatic rings. The molecule has 0 spiro atoms. The van der Waals surface area contributed by atoms with Gasteiger partial charge in [0.25, 0.3) is 0 Å². The Balaban J connectivity index is 1.35. The van der Waals surface area contributed by atoms with E-state index >= 15 is 0 Å². The Morgan fingerprint density at radius 3 is 2.54 bits per heavy atom. The molecule has 0 bridgehead atoms. The number of unbranched alkanes of at least 4 members (excludes halogenated alkanes) is 1. The van der Waals surface area contributed by atoms with Gasteiger partial charge in [0.2, 0.25) is 0 Å². The first-order chi connectivity index (χ1) is 13.8. The first kappa shape index (κ1) is 20.9. The van der Waals surface area contributed by atoms with E-state index < -0.39 is 0 Å². The molecule has 0 unspecified atom stereocenters. The van der Waals surface area contributed by atoms with Gasteiger partial charge in [-0.2, -0.15) is 8.75 Å². The van der Waals surface area contributed by atoms with Gasteiger partial charge in [0.1, 0.15) is 5.75 Å². The van der Waals surface area contributed by atoms with Crippen molar-refractivity contribution in [2.75, 3.05) is 43.4 Å². The molecule has 0 radical (unpaired) electrons. The van der Waals surface area contributed by atoms with Crippen LogP contribution >= 0.6 is 11.7 Å². The van der Waals surface area contributed by atoms with Crippen LogP contribution in [0.5, 0.6) is 5.75 Å². The summed E-state index contributed by atoms with van der Waals surface area (Å²) >= 11 is 1.24. The number of likely N-dealkylation sites (tertiary alicyclic amines) is 1. The first-order valence-electron chi connectivity index (χ1n) is 10.6. The van der Waals surface area contributed by atoms with Crippen LogP contribution in [0.25, 0.3) is 0 Å². The van der Waals surface area contributed by atoms with E-state index in [0.717, 1.165) is 49.9 Å². The Kier molecular flexibility index (Phi) is 8.84. The summed E-state index contributed by atoms with van der Waals surface area (Å²) in [6.07, 6.45) is 7.26. The summed E-state index contributed by atoms with van der Waals surface area (Å²) in [7, 11) is 0.